The molecule has 1 aromatic heterocycles. The highest BCUT2D eigenvalue weighted by atomic mass is 35.5. The lowest BCUT2D eigenvalue weighted by atomic mass is 9.94. The van der Waals surface area contributed by atoms with Crippen molar-refractivity contribution in [1.29, 1.82) is 0 Å². The molecule has 0 unspecified atom stereocenters. The molecule has 1 N–H and O–H groups in total. The maximum atomic E-state index is 13.2. The summed E-state index contributed by atoms with van der Waals surface area (Å²) in [6.45, 7) is 2.40. The van der Waals surface area contributed by atoms with Gasteiger partial charge >= 0.3 is 5.97 Å². The number of rotatable bonds is 12. The molecule has 5 nitrogen and oxygen atoms in total. The summed E-state index contributed by atoms with van der Waals surface area (Å²) in [5, 5.41) is 11.1. The van der Waals surface area contributed by atoms with Crippen LogP contribution in [-0.4, -0.2) is 28.0 Å². The van der Waals surface area contributed by atoms with Crippen LogP contribution in [-0.2, 0) is 18.3 Å². The first kappa shape index (κ1) is 25.1. The van der Waals surface area contributed by atoms with Crippen molar-refractivity contribution in [3.8, 4) is 5.75 Å². The number of hydrogen-bond acceptors (Lipinski definition) is 3. The van der Waals surface area contributed by atoms with E-state index in [1.54, 1.807) is 13.0 Å². The van der Waals surface area contributed by atoms with Crippen molar-refractivity contribution in [1.82, 2.24) is 4.57 Å². The van der Waals surface area contributed by atoms with E-state index >= 15 is 0 Å². The van der Waals surface area contributed by atoms with Crippen molar-refractivity contribution >= 4 is 45.9 Å². The number of carboxylic acid groups (broad SMARTS) is 1. The maximum absolute atomic E-state index is 13.2. The van der Waals surface area contributed by atoms with E-state index in [1.165, 1.54) is 0 Å². The quantitative estimate of drug-likeness (QED) is 0.220. The normalized spacial score (nSPS) is 12.1. The molecular weight excluding hydrogens is 461 g/mol. The Morgan fingerprint density at radius 2 is 1.79 bits per heavy atom. The average Bonchev–Trinajstić information content (AvgIpc) is 3.01. The van der Waals surface area contributed by atoms with Crippen molar-refractivity contribution in [2.45, 2.75) is 45.4 Å². The molecule has 0 amide bonds. The molecule has 0 fully saturated rings. The molecule has 33 heavy (non-hydrogen) atoms. The number of ketones is 1. The van der Waals surface area contributed by atoms with Gasteiger partial charge in [0.15, 0.2) is 5.78 Å². The third kappa shape index (κ3) is 6.75. The van der Waals surface area contributed by atoms with Gasteiger partial charge < -0.3 is 14.4 Å². The molecule has 0 bridgehead atoms. The third-order valence-corrected chi connectivity index (χ3v) is 6.21. The van der Waals surface area contributed by atoms with Gasteiger partial charge in [0, 0.05) is 52.1 Å². The number of ether oxygens (including phenoxy) is 1. The van der Waals surface area contributed by atoms with Crippen LogP contribution in [0.1, 0.15) is 55.1 Å². The van der Waals surface area contributed by atoms with Gasteiger partial charge in [-0.1, -0.05) is 36.2 Å². The lowest BCUT2D eigenvalue weighted by molar-refractivity contribution is -0.137. The van der Waals surface area contributed by atoms with Gasteiger partial charge in [0.1, 0.15) is 5.75 Å². The van der Waals surface area contributed by atoms with Crippen LogP contribution < -0.4 is 4.74 Å². The number of nitrogens with zero attached hydrogens (tertiary/aromatic N) is 1. The summed E-state index contributed by atoms with van der Waals surface area (Å²) in [6.07, 6.45) is 3.65. The van der Waals surface area contributed by atoms with Gasteiger partial charge in [0.05, 0.1) is 6.61 Å². The summed E-state index contributed by atoms with van der Waals surface area (Å²) in [7, 11) is 1.96. The topological polar surface area (TPSA) is 68.5 Å². The van der Waals surface area contributed by atoms with Crippen LogP contribution in [0.2, 0.25) is 10.0 Å². The number of Topliss-reactive ketones (excluding diaryl/α,β-unsaturated/α-hetero) is 1. The Labute approximate surface area is 204 Å². The third-order valence-electron chi connectivity index (χ3n) is 5.74. The minimum atomic E-state index is -0.892. The largest absolute Gasteiger partial charge is 0.494 e. The number of halogens is 2. The number of aromatic nitrogens is 1. The van der Waals surface area contributed by atoms with Gasteiger partial charge in [-0.3, -0.25) is 9.59 Å². The molecule has 0 aliphatic rings. The second kappa shape index (κ2) is 11.6. The van der Waals surface area contributed by atoms with Crippen LogP contribution in [0.15, 0.2) is 42.5 Å². The van der Waals surface area contributed by atoms with E-state index in [9.17, 15) is 9.59 Å². The van der Waals surface area contributed by atoms with E-state index in [-0.39, 0.29) is 24.5 Å². The van der Waals surface area contributed by atoms with Crippen LogP contribution in [0, 0.1) is 5.92 Å². The second-order valence-electron chi connectivity index (χ2n) is 8.49. The predicted molar refractivity (Wildman–Crippen MR) is 133 cm³/mol. The molecular formula is C26H29Cl2NO4. The number of fused-ring (bicyclic) bond motifs is 1. The van der Waals surface area contributed by atoms with Crippen molar-refractivity contribution in [3.63, 3.8) is 0 Å². The summed E-state index contributed by atoms with van der Waals surface area (Å²) < 4.78 is 7.81. The number of carbonyl (C=O) groups excluding carboxylic acids is 1. The lowest BCUT2D eigenvalue weighted by Gasteiger charge is -2.11. The number of carbonyl (C=O) groups is 2. The highest BCUT2D eigenvalue weighted by Crippen LogP contribution is 2.31. The molecule has 0 radical (unpaired) electrons. The van der Waals surface area contributed by atoms with Gasteiger partial charge in [0.25, 0.3) is 0 Å². The van der Waals surface area contributed by atoms with E-state index in [0.29, 0.717) is 22.2 Å². The summed E-state index contributed by atoms with van der Waals surface area (Å²) in [5.41, 5.74) is 2.59. The molecule has 7 heteroatoms. The Hall–Kier alpha value is -2.50. The zero-order valence-corrected chi connectivity index (χ0v) is 20.5. The van der Waals surface area contributed by atoms with E-state index in [1.807, 2.05) is 43.4 Å². The van der Waals surface area contributed by atoms with Crippen LogP contribution in [0.5, 0.6) is 5.75 Å². The SMILES string of the molecule is C[C@H](CC(=O)O)CC(=O)c1c(CCCCCOc2cccc(Cl)c2)n(C)c2ccc(Cl)cc12. The molecule has 0 saturated carbocycles. The smallest absolute Gasteiger partial charge is 0.303 e. The van der Waals surface area contributed by atoms with Crippen LogP contribution in [0.4, 0.5) is 0 Å². The van der Waals surface area contributed by atoms with Crippen LogP contribution >= 0.6 is 23.2 Å². The molecule has 176 valence electrons. The number of carboxylic acids is 1. The first-order valence-electron chi connectivity index (χ1n) is 11.2. The summed E-state index contributed by atoms with van der Waals surface area (Å²) in [6, 6.07) is 12.9. The van der Waals surface area contributed by atoms with Crippen molar-refractivity contribution < 1.29 is 19.4 Å². The second-order valence-corrected chi connectivity index (χ2v) is 9.36. The molecule has 0 aliphatic carbocycles. The van der Waals surface area contributed by atoms with E-state index in [4.69, 9.17) is 33.0 Å². The molecule has 3 aromatic rings. The minimum absolute atomic E-state index is 0.0285. The van der Waals surface area contributed by atoms with E-state index in [0.717, 1.165) is 48.0 Å². The first-order chi connectivity index (χ1) is 15.8. The van der Waals surface area contributed by atoms with E-state index in [2.05, 4.69) is 4.57 Å². The number of unbranched alkanes of at least 4 members (excludes halogenated alkanes) is 2. The van der Waals surface area contributed by atoms with Gasteiger partial charge in [-0.25, -0.2) is 0 Å². The molecule has 0 aliphatic heterocycles. The molecule has 0 saturated heterocycles. The van der Waals surface area contributed by atoms with Gasteiger partial charge in [0.2, 0.25) is 0 Å². The molecule has 3 rings (SSSR count). The Morgan fingerprint density at radius 1 is 1.03 bits per heavy atom. The van der Waals surface area contributed by atoms with Gasteiger partial charge in [-0.15, -0.1) is 0 Å². The number of benzene rings is 2. The number of hydrogen-bond donors (Lipinski definition) is 1. The van der Waals surface area contributed by atoms with Crippen molar-refractivity contribution in [3.05, 3.63) is 63.8 Å². The Bertz CT molecular complexity index is 1140. The van der Waals surface area contributed by atoms with Crippen LogP contribution in [0.3, 0.4) is 0 Å². The fourth-order valence-corrected chi connectivity index (χ4v) is 4.53. The van der Waals surface area contributed by atoms with Crippen molar-refractivity contribution in [2.24, 2.45) is 13.0 Å². The Morgan fingerprint density at radius 3 is 2.52 bits per heavy atom. The van der Waals surface area contributed by atoms with Crippen molar-refractivity contribution in [2.75, 3.05) is 6.61 Å². The molecule has 1 atom stereocenters. The molecule has 2 aromatic carbocycles. The predicted octanol–water partition coefficient (Wildman–Crippen LogP) is 6.96. The highest BCUT2D eigenvalue weighted by Gasteiger charge is 2.23. The molecule has 1 heterocycles. The average molecular weight is 490 g/mol. The zero-order valence-electron chi connectivity index (χ0n) is 18.9. The van der Waals surface area contributed by atoms with Crippen LogP contribution in [0.25, 0.3) is 10.9 Å². The first-order valence-corrected chi connectivity index (χ1v) is 11.9. The summed E-state index contributed by atoms with van der Waals surface area (Å²) in [5.74, 6) is -0.398. The fraction of sp³-hybridized carbons (Fsp3) is 0.385. The number of aryl methyl sites for hydroxylation is 1. The van der Waals surface area contributed by atoms with Gasteiger partial charge in [-0.05, 0) is 68.0 Å². The highest BCUT2D eigenvalue weighted by molar-refractivity contribution is 6.31. The Kier molecular flexibility index (Phi) is 8.81. The fourth-order valence-electron chi connectivity index (χ4n) is 4.18. The number of aliphatic carboxylic acids is 1. The zero-order chi connectivity index (χ0) is 24.0. The standard InChI is InChI=1S/C26H29Cl2NO4/c1-17(14-25(31)32)13-24(30)26-21-16-19(28)10-11-22(21)29(2)23(26)9-4-3-5-12-33-20-8-6-7-18(27)15-20/h6-8,10-11,15-17H,3-5,9,12-14H2,1-2H3,(H,31,32)/t17-/m0/s1. The van der Waals surface area contributed by atoms with E-state index < -0.39 is 5.97 Å². The summed E-state index contributed by atoms with van der Waals surface area (Å²) >= 11 is 12.2. The van der Waals surface area contributed by atoms with Gasteiger partial charge in [-0.2, -0.15) is 0 Å². The lowest BCUT2D eigenvalue weighted by Crippen LogP contribution is -2.12. The summed E-state index contributed by atoms with van der Waals surface area (Å²) in [4.78, 5) is 24.3. The maximum Gasteiger partial charge on any atom is 0.303 e. The Balaban J connectivity index is 1.68. The minimum Gasteiger partial charge on any atom is -0.494 e. The molecule has 0 spiro atoms. The monoisotopic (exact) mass is 489 g/mol.